The molecule has 1 rings (SSSR count). The maximum Gasteiger partial charge on any atom is 0.240 e. The predicted octanol–water partition coefficient (Wildman–Crippen LogP) is 1.42. The zero-order valence-corrected chi connectivity index (χ0v) is 12.5. The Morgan fingerprint density at radius 1 is 1.32 bits per heavy atom. The quantitative estimate of drug-likeness (QED) is 0.623. The molecule has 1 fully saturated rings. The smallest absolute Gasteiger partial charge is 0.240 e. The van der Waals surface area contributed by atoms with E-state index < -0.39 is 0 Å². The van der Waals surface area contributed by atoms with Gasteiger partial charge in [-0.05, 0) is 39.7 Å². The Bertz CT molecular complexity index is 259. The molecule has 0 aliphatic carbocycles. The van der Waals surface area contributed by atoms with Gasteiger partial charge in [-0.1, -0.05) is 13.3 Å². The van der Waals surface area contributed by atoms with Crippen molar-refractivity contribution in [2.24, 2.45) is 0 Å². The molecule has 19 heavy (non-hydrogen) atoms. The summed E-state index contributed by atoms with van der Waals surface area (Å²) in [6.45, 7) is 8.45. The van der Waals surface area contributed by atoms with Gasteiger partial charge in [-0.2, -0.15) is 0 Å². The van der Waals surface area contributed by atoms with Crippen molar-refractivity contribution in [2.75, 3.05) is 26.3 Å². The summed E-state index contributed by atoms with van der Waals surface area (Å²) in [6.07, 6.45) is 3.51. The van der Waals surface area contributed by atoms with E-state index >= 15 is 0 Å². The van der Waals surface area contributed by atoms with Crippen molar-refractivity contribution < 1.29 is 14.3 Å². The summed E-state index contributed by atoms with van der Waals surface area (Å²) >= 11 is 0. The van der Waals surface area contributed by atoms with Crippen molar-refractivity contribution in [3.05, 3.63) is 0 Å². The maximum atomic E-state index is 12.4. The van der Waals surface area contributed by atoms with Crippen LogP contribution in [0.1, 0.15) is 46.5 Å². The van der Waals surface area contributed by atoms with Crippen molar-refractivity contribution in [1.29, 1.82) is 0 Å². The van der Waals surface area contributed by atoms with Crippen LogP contribution in [0.4, 0.5) is 0 Å². The molecule has 0 aromatic carbocycles. The molecule has 1 aliphatic heterocycles. The molecule has 5 heteroatoms. The van der Waals surface area contributed by atoms with Gasteiger partial charge in [0.25, 0.3) is 0 Å². The molecule has 2 N–H and O–H groups in total. The molecule has 112 valence electrons. The number of nitrogens with one attached hydrogen (secondary N) is 2. The Morgan fingerprint density at radius 3 is 2.47 bits per heavy atom. The van der Waals surface area contributed by atoms with Gasteiger partial charge in [0.15, 0.2) is 6.29 Å². The van der Waals surface area contributed by atoms with Crippen LogP contribution in [0.5, 0.6) is 0 Å². The van der Waals surface area contributed by atoms with Crippen molar-refractivity contribution >= 4 is 5.91 Å². The molecule has 1 heterocycles. The molecule has 1 aliphatic rings. The summed E-state index contributed by atoms with van der Waals surface area (Å²) in [5.74, 6) is 0.0799. The first-order chi connectivity index (χ1) is 9.18. The van der Waals surface area contributed by atoms with Crippen LogP contribution in [-0.4, -0.2) is 44.0 Å². The fourth-order valence-corrected chi connectivity index (χ4v) is 2.64. The van der Waals surface area contributed by atoms with Crippen molar-refractivity contribution in [3.63, 3.8) is 0 Å². The van der Waals surface area contributed by atoms with Gasteiger partial charge in [-0.15, -0.1) is 0 Å². The first-order valence-electron chi connectivity index (χ1n) is 7.45. The number of amides is 1. The van der Waals surface area contributed by atoms with Crippen molar-refractivity contribution in [3.8, 4) is 0 Å². The predicted molar refractivity (Wildman–Crippen MR) is 74.9 cm³/mol. The van der Waals surface area contributed by atoms with Crippen LogP contribution in [0.15, 0.2) is 0 Å². The third-order valence-electron chi connectivity index (χ3n) is 3.49. The van der Waals surface area contributed by atoms with E-state index in [0.717, 1.165) is 32.2 Å². The third-order valence-corrected chi connectivity index (χ3v) is 3.49. The number of hydrogen-bond acceptors (Lipinski definition) is 4. The molecular formula is C14H28N2O3. The van der Waals surface area contributed by atoms with E-state index in [1.807, 2.05) is 13.8 Å². The zero-order valence-electron chi connectivity index (χ0n) is 12.5. The van der Waals surface area contributed by atoms with E-state index in [9.17, 15) is 4.79 Å². The highest BCUT2D eigenvalue weighted by molar-refractivity contribution is 5.86. The molecular weight excluding hydrogens is 244 g/mol. The zero-order chi connectivity index (χ0) is 14.1. The van der Waals surface area contributed by atoms with Crippen LogP contribution in [0.25, 0.3) is 0 Å². The van der Waals surface area contributed by atoms with E-state index in [1.165, 1.54) is 0 Å². The Hall–Kier alpha value is -0.650. The molecule has 1 atom stereocenters. The molecule has 0 saturated carbocycles. The number of carbonyl (C=O) groups excluding carboxylic acids is 1. The summed E-state index contributed by atoms with van der Waals surface area (Å²) in [7, 11) is 0. The molecule has 0 spiro atoms. The van der Waals surface area contributed by atoms with Crippen LogP contribution >= 0.6 is 0 Å². The normalized spacial score (nSPS) is 22.9. The molecule has 0 aromatic rings. The average Bonchev–Trinajstić information content (AvgIpc) is 2.86. The van der Waals surface area contributed by atoms with E-state index in [2.05, 4.69) is 17.6 Å². The summed E-state index contributed by atoms with van der Waals surface area (Å²) in [4.78, 5) is 12.4. The molecule has 0 bridgehead atoms. The topological polar surface area (TPSA) is 59.6 Å². The summed E-state index contributed by atoms with van der Waals surface area (Å²) in [5, 5.41) is 6.33. The van der Waals surface area contributed by atoms with E-state index in [4.69, 9.17) is 9.47 Å². The van der Waals surface area contributed by atoms with Crippen molar-refractivity contribution in [2.45, 2.75) is 58.3 Å². The van der Waals surface area contributed by atoms with E-state index in [-0.39, 0.29) is 17.7 Å². The maximum absolute atomic E-state index is 12.4. The minimum atomic E-state index is -0.377. The number of carbonyl (C=O) groups is 1. The van der Waals surface area contributed by atoms with Gasteiger partial charge in [0.05, 0.1) is 12.1 Å². The largest absolute Gasteiger partial charge is 0.351 e. The lowest BCUT2D eigenvalue weighted by molar-refractivity contribution is -0.143. The first kappa shape index (κ1) is 16.4. The molecule has 0 aromatic heterocycles. The average molecular weight is 272 g/mol. The van der Waals surface area contributed by atoms with Crippen LogP contribution in [-0.2, 0) is 14.3 Å². The highest BCUT2D eigenvalue weighted by Crippen LogP contribution is 2.24. The highest BCUT2D eigenvalue weighted by Gasteiger charge is 2.39. The minimum Gasteiger partial charge on any atom is -0.351 e. The van der Waals surface area contributed by atoms with Gasteiger partial charge in [-0.25, -0.2) is 0 Å². The fourth-order valence-electron chi connectivity index (χ4n) is 2.64. The third kappa shape index (κ3) is 4.75. The lowest BCUT2D eigenvalue weighted by atomic mass is 9.91. The Morgan fingerprint density at radius 2 is 2.00 bits per heavy atom. The summed E-state index contributed by atoms with van der Waals surface area (Å²) in [6, 6.07) is 0. The number of ether oxygens (including phenoxy) is 2. The standard InChI is InChI=1S/C14H28N2O3/c1-4-8-14(9-7-10-16-14)13(17)15-11-12(18-5-2)19-6-3/h12,16H,4-11H2,1-3H3,(H,15,17). The minimum absolute atomic E-state index is 0.0799. The van der Waals surface area contributed by atoms with Crippen LogP contribution < -0.4 is 10.6 Å². The van der Waals surface area contributed by atoms with Gasteiger partial charge in [0, 0.05) is 13.2 Å². The Labute approximate surface area is 116 Å². The fraction of sp³-hybridized carbons (Fsp3) is 0.929. The first-order valence-corrected chi connectivity index (χ1v) is 7.45. The monoisotopic (exact) mass is 272 g/mol. The Balaban J connectivity index is 2.47. The van der Waals surface area contributed by atoms with Crippen LogP contribution in [0, 0.1) is 0 Å². The van der Waals surface area contributed by atoms with E-state index in [0.29, 0.717) is 19.8 Å². The number of rotatable bonds is 9. The second-order valence-electron chi connectivity index (χ2n) is 4.91. The van der Waals surface area contributed by atoms with Crippen molar-refractivity contribution in [1.82, 2.24) is 10.6 Å². The molecule has 5 nitrogen and oxygen atoms in total. The second kappa shape index (κ2) is 8.51. The van der Waals surface area contributed by atoms with Gasteiger partial charge in [0.1, 0.15) is 0 Å². The molecule has 1 amide bonds. The second-order valence-corrected chi connectivity index (χ2v) is 4.91. The lowest BCUT2D eigenvalue weighted by Crippen LogP contribution is -2.54. The molecule has 1 unspecified atom stereocenters. The lowest BCUT2D eigenvalue weighted by Gasteiger charge is -2.29. The highest BCUT2D eigenvalue weighted by atomic mass is 16.7. The van der Waals surface area contributed by atoms with Crippen LogP contribution in [0.3, 0.4) is 0 Å². The van der Waals surface area contributed by atoms with Crippen LogP contribution in [0.2, 0.25) is 0 Å². The van der Waals surface area contributed by atoms with Gasteiger partial charge >= 0.3 is 0 Å². The molecule has 0 radical (unpaired) electrons. The Kier molecular flexibility index (Phi) is 7.34. The van der Waals surface area contributed by atoms with Gasteiger partial charge in [-0.3, -0.25) is 4.79 Å². The molecule has 1 saturated heterocycles. The SMILES string of the molecule is CCCC1(C(=O)NCC(OCC)OCC)CCCN1. The van der Waals surface area contributed by atoms with Gasteiger partial charge in [0.2, 0.25) is 5.91 Å². The summed E-state index contributed by atoms with van der Waals surface area (Å²) in [5.41, 5.74) is -0.377. The summed E-state index contributed by atoms with van der Waals surface area (Å²) < 4.78 is 10.9. The number of hydrogen-bond donors (Lipinski definition) is 2. The van der Waals surface area contributed by atoms with E-state index in [1.54, 1.807) is 0 Å². The van der Waals surface area contributed by atoms with Gasteiger partial charge < -0.3 is 20.1 Å².